The number of hydrogen-bond acceptors (Lipinski definition) is 4. The number of thioether (sulfide) groups is 1. The second kappa shape index (κ2) is 8.03. The molecule has 0 saturated carbocycles. The Morgan fingerprint density at radius 1 is 1.30 bits per heavy atom. The van der Waals surface area contributed by atoms with Crippen LogP contribution in [0.5, 0.6) is 0 Å². The number of thiophene rings is 1. The normalized spacial score (nSPS) is 11.6. The lowest BCUT2D eigenvalue weighted by Crippen LogP contribution is -2.22. The van der Waals surface area contributed by atoms with Crippen LogP contribution in [0.15, 0.2) is 24.3 Å². The minimum atomic E-state index is 0.988. The summed E-state index contributed by atoms with van der Waals surface area (Å²) in [6.07, 6.45) is 2.17. The molecule has 0 radical (unpaired) electrons. The Hall–Kier alpha value is -0.550. The molecule has 110 valence electrons. The molecule has 0 aliphatic carbocycles. The molecule has 1 heterocycles. The van der Waals surface area contributed by atoms with Gasteiger partial charge in [-0.15, -0.1) is 11.3 Å². The van der Waals surface area contributed by atoms with Crippen LogP contribution in [-0.2, 0) is 13.1 Å². The number of nitrogens with one attached hydrogen (secondary N) is 1. The molecule has 0 aliphatic rings. The van der Waals surface area contributed by atoms with Gasteiger partial charge in [-0.2, -0.15) is 11.8 Å². The van der Waals surface area contributed by atoms with Gasteiger partial charge >= 0.3 is 0 Å². The first-order chi connectivity index (χ1) is 9.76. The van der Waals surface area contributed by atoms with Crippen LogP contribution in [0, 0.1) is 0 Å². The average molecular weight is 309 g/mol. The van der Waals surface area contributed by atoms with E-state index in [9.17, 15) is 0 Å². The van der Waals surface area contributed by atoms with E-state index in [1.54, 1.807) is 0 Å². The lowest BCUT2D eigenvalue weighted by molar-refractivity contribution is 0.349. The highest BCUT2D eigenvalue weighted by atomic mass is 32.2. The average Bonchev–Trinajstić information content (AvgIpc) is 2.81. The summed E-state index contributed by atoms with van der Waals surface area (Å²) in [5, 5.41) is 4.90. The summed E-state index contributed by atoms with van der Waals surface area (Å²) in [5.41, 5.74) is 1.51. The molecule has 20 heavy (non-hydrogen) atoms. The number of rotatable bonds is 8. The van der Waals surface area contributed by atoms with Crippen molar-refractivity contribution in [2.45, 2.75) is 20.0 Å². The van der Waals surface area contributed by atoms with E-state index in [0.29, 0.717) is 0 Å². The molecular weight excluding hydrogens is 284 g/mol. The fourth-order valence-electron chi connectivity index (χ4n) is 2.30. The molecule has 0 fully saturated rings. The van der Waals surface area contributed by atoms with Gasteiger partial charge in [-0.05, 0) is 36.9 Å². The highest BCUT2D eigenvalue weighted by Gasteiger charge is 2.13. The van der Waals surface area contributed by atoms with E-state index in [0.717, 1.165) is 26.2 Å². The Labute approximate surface area is 130 Å². The smallest absolute Gasteiger partial charge is 0.0349 e. The molecule has 0 amide bonds. The number of benzene rings is 1. The summed E-state index contributed by atoms with van der Waals surface area (Å²) in [5.74, 6) is 1.20. The highest BCUT2D eigenvalue weighted by molar-refractivity contribution is 7.98. The van der Waals surface area contributed by atoms with Crippen molar-refractivity contribution in [2.75, 3.05) is 32.1 Å². The molecule has 0 unspecified atom stereocenters. The third kappa shape index (κ3) is 3.98. The topological polar surface area (TPSA) is 15.3 Å². The zero-order valence-electron chi connectivity index (χ0n) is 12.6. The maximum absolute atomic E-state index is 3.47. The fourth-order valence-corrected chi connectivity index (χ4v) is 3.98. The molecule has 0 atom stereocenters. The summed E-state index contributed by atoms with van der Waals surface area (Å²) in [6, 6.07) is 8.79. The monoisotopic (exact) mass is 308 g/mol. The predicted molar refractivity (Wildman–Crippen MR) is 93.9 cm³/mol. The van der Waals surface area contributed by atoms with Crippen LogP contribution in [-0.4, -0.2) is 37.0 Å². The van der Waals surface area contributed by atoms with Gasteiger partial charge in [0.25, 0.3) is 0 Å². The van der Waals surface area contributed by atoms with Crippen LogP contribution in [0.2, 0.25) is 0 Å². The Kier molecular flexibility index (Phi) is 6.36. The number of hydrogen-bond donors (Lipinski definition) is 1. The van der Waals surface area contributed by atoms with E-state index < -0.39 is 0 Å². The van der Waals surface area contributed by atoms with Crippen LogP contribution in [0.1, 0.15) is 17.4 Å². The molecule has 2 rings (SSSR count). The number of fused-ring (bicyclic) bond motifs is 1. The van der Waals surface area contributed by atoms with Crippen LogP contribution in [0.25, 0.3) is 10.1 Å². The molecule has 1 aromatic heterocycles. The van der Waals surface area contributed by atoms with Gasteiger partial charge in [0.2, 0.25) is 0 Å². The standard InChI is InChI=1S/C16H24N2S2/c1-4-17-11-16-14(12-18(2)9-10-19-3)13-7-5-6-8-15(13)20-16/h5-8,17H,4,9-12H2,1-3H3. The first kappa shape index (κ1) is 15.8. The van der Waals surface area contributed by atoms with Crippen LogP contribution >= 0.6 is 23.1 Å². The van der Waals surface area contributed by atoms with Crippen LogP contribution in [0.4, 0.5) is 0 Å². The fraction of sp³-hybridized carbons (Fsp3) is 0.500. The third-order valence-corrected chi connectivity index (χ3v) is 5.23. The predicted octanol–water partition coefficient (Wildman–Crippen LogP) is 3.81. The second-order valence-corrected chi connectivity index (χ2v) is 7.13. The lowest BCUT2D eigenvalue weighted by atomic mass is 10.1. The molecule has 4 heteroatoms. The number of nitrogens with zero attached hydrogens (tertiary/aromatic N) is 1. The van der Waals surface area contributed by atoms with Gasteiger partial charge in [0, 0.05) is 35.0 Å². The van der Waals surface area contributed by atoms with Crippen molar-refractivity contribution in [1.29, 1.82) is 0 Å². The van der Waals surface area contributed by atoms with E-state index in [1.165, 1.54) is 26.3 Å². The van der Waals surface area contributed by atoms with Crippen LogP contribution < -0.4 is 5.32 Å². The molecule has 2 aromatic rings. The van der Waals surface area contributed by atoms with E-state index in [1.807, 2.05) is 23.1 Å². The molecule has 2 nitrogen and oxygen atoms in total. The first-order valence-electron chi connectivity index (χ1n) is 7.13. The molecule has 0 bridgehead atoms. The van der Waals surface area contributed by atoms with Crippen molar-refractivity contribution in [3.05, 3.63) is 34.7 Å². The van der Waals surface area contributed by atoms with Crippen molar-refractivity contribution >= 4 is 33.2 Å². The summed E-state index contributed by atoms with van der Waals surface area (Å²) in [7, 11) is 2.22. The highest BCUT2D eigenvalue weighted by Crippen LogP contribution is 2.32. The van der Waals surface area contributed by atoms with Gasteiger partial charge in [0.1, 0.15) is 0 Å². The van der Waals surface area contributed by atoms with Crippen LogP contribution in [0.3, 0.4) is 0 Å². The Balaban J connectivity index is 2.23. The zero-order valence-corrected chi connectivity index (χ0v) is 14.2. The maximum Gasteiger partial charge on any atom is 0.0349 e. The zero-order chi connectivity index (χ0) is 14.4. The molecular formula is C16H24N2S2. The van der Waals surface area contributed by atoms with E-state index >= 15 is 0 Å². The van der Waals surface area contributed by atoms with Gasteiger partial charge < -0.3 is 10.2 Å². The van der Waals surface area contributed by atoms with E-state index in [-0.39, 0.29) is 0 Å². The summed E-state index contributed by atoms with van der Waals surface area (Å²) >= 11 is 3.85. The maximum atomic E-state index is 3.47. The van der Waals surface area contributed by atoms with Crippen molar-refractivity contribution in [3.8, 4) is 0 Å². The largest absolute Gasteiger partial charge is 0.312 e. The first-order valence-corrected chi connectivity index (χ1v) is 9.34. The van der Waals surface area contributed by atoms with Crippen molar-refractivity contribution in [1.82, 2.24) is 10.2 Å². The minimum Gasteiger partial charge on any atom is -0.312 e. The van der Waals surface area contributed by atoms with Gasteiger partial charge in [0.05, 0.1) is 0 Å². The van der Waals surface area contributed by atoms with Crippen molar-refractivity contribution < 1.29 is 0 Å². The van der Waals surface area contributed by atoms with Crippen molar-refractivity contribution in [2.24, 2.45) is 0 Å². The second-order valence-electron chi connectivity index (χ2n) is 5.01. The molecule has 1 aromatic carbocycles. The summed E-state index contributed by atoms with van der Waals surface area (Å²) < 4.78 is 1.41. The van der Waals surface area contributed by atoms with Gasteiger partial charge in [-0.3, -0.25) is 0 Å². The molecule has 0 saturated heterocycles. The summed E-state index contributed by atoms with van der Waals surface area (Å²) in [4.78, 5) is 3.92. The lowest BCUT2D eigenvalue weighted by Gasteiger charge is -2.17. The van der Waals surface area contributed by atoms with Gasteiger partial charge in [0.15, 0.2) is 0 Å². The Morgan fingerprint density at radius 2 is 2.10 bits per heavy atom. The van der Waals surface area contributed by atoms with E-state index in [2.05, 4.69) is 54.7 Å². The summed E-state index contributed by atoms with van der Waals surface area (Å²) in [6.45, 7) is 6.37. The van der Waals surface area contributed by atoms with Gasteiger partial charge in [-0.1, -0.05) is 25.1 Å². The molecule has 1 N–H and O–H groups in total. The molecule has 0 spiro atoms. The SMILES string of the molecule is CCNCc1sc2ccccc2c1CN(C)CCSC. The molecule has 0 aliphatic heterocycles. The quantitative estimate of drug-likeness (QED) is 0.798. The van der Waals surface area contributed by atoms with Crippen molar-refractivity contribution in [3.63, 3.8) is 0 Å². The van der Waals surface area contributed by atoms with E-state index in [4.69, 9.17) is 0 Å². The Morgan fingerprint density at radius 3 is 2.85 bits per heavy atom. The van der Waals surface area contributed by atoms with Gasteiger partial charge in [-0.25, -0.2) is 0 Å². The third-order valence-electron chi connectivity index (χ3n) is 3.42. The minimum absolute atomic E-state index is 0.988. The Bertz CT molecular complexity index is 536.